The van der Waals surface area contributed by atoms with Crippen molar-refractivity contribution in [3.8, 4) is 0 Å². The highest BCUT2D eigenvalue weighted by atomic mass is 16.7. The first-order valence-corrected chi connectivity index (χ1v) is 10.4. The standard InChI is InChI=1S/C21H37BN2O5/c1-15(24-16(2)22-28-20(5,6)21(7,8)29-22)18(23-9)26-14-19(3,4)27-17-12-10-11-13-25-17/h17H,9-14H2,1-8H3/b18-15+,24-16?. The molecule has 0 saturated carbocycles. The predicted molar refractivity (Wildman–Crippen MR) is 116 cm³/mol. The molecule has 0 aromatic rings. The van der Waals surface area contributed by atoms with Crippen LogP contribution in [0, 0.1) is 0 Å². The Labute approximate surface area is 176 Å². The Morgan fingerprint density at radius 2 is 1.76 bits per heavy atom. The fourth-order valence-corrected chi connectivity index (χ4v) is 3.08. The second-order valence-corrected chi connectivity index (χ2v) is 9.35. The molecule has 7 nitrogen and oxygen atoms in total. The van der Waals surface area contributed by atoms with Crippen molar-refractivity contribution in [2.45, 2.75) is 97.7 Å². The highest BCUT2D eigenvalue weighted by Gasteiger charge is 2.52. The minimum atomic E-state index is -0.525. The molecular weight excluding hydrogens is 371 g/mol. The number of nitrogens with zero attached hydrogens (tertiary/aromatic N) is 2. The summed E-state index contributed by atoms with van der Waals surface area (Å²) in [6.07, 6.45) is 2.93. The van der Waals surface area contributed by atoms with E-state index in [-0.39, 0.29) is 6.29 Å². The van der Waals surface area contributed by atoms with Gasteiger partial charge in [-0.1, -0.05) is 0 Å². The number of hydrogen-bond acceptors (Lipinski definition) is 7. The molecule has 1 atom stereocenters. The number of rotatable bonds is 8. The molecule has 0 aliphatic carbocycles. The molecule has 0 spiro atoms. The third kappa shape index (κ3) is 6.38. The normalized spacial score (nSPS) is 25.6. The van der Waals surface area contributed by atoms with E-state index in [2.05, 4.69) is 16.7 Å². The summed E-state index contributed by atoms with van der Waals surface area (Å²) >= 11 is 0. The van der Waals surface area contributed by atoms with Gasteiger partial charge in [-0.25, -0.2) is 4.99 Å². The smallest absolute Gasteiger partial charge is 0.473 e. The first-order chi connectivity index (χ1) is 13.4. The summed E-state index contributed by atoms with van der Waals surface area (Å²) < 4.78 is 29.7. The lowest BCUT2D eigenvalue weighted by Crippen LogP contribution is -2.41. The van der Waals surface area contributed by atoms with Crippen LogP contribution in [0.25, 0.3) is 0 Å². The zero-order valence-electron chi connectivity index (χ0n) is 19.3. The van der Waals surface area contributed by atoms with Gasteiger partial charge in [0.25, 0.3) is 0 Å². The van der Waals surface area contributed by atoms with E-state index in [0.29, 0.717) is 23.8 Å². The van der Waals surface area contributed by atoms with Gasteiger partial charge < -0.3 is 23.5 Å². The Kier molecular flexibility index (Phi) is 7.71. The molecule has 1 unspecified atom stereocenters. The first-order valence-electron chi connectivity index (χ1n) is 10.4. The van der Waals surface area contributed by atoms with E-state index in [1.54, 1.807) is 0 Å². The van der Waals surface area contributed by atoms with E-state index < -0.39 is 23.9 Å². The van der Waals surface area contributed by atoms with Crippen molar-refractivity contribution in [3.05, 3.63) is 11.6 Å². The largest absolute Gasteiger partial charge is 0.509 e. The van der Waals surface area contributed by atoms with E-state index in [4.69, 9.17) is 23.5 Å². The summed E-state index contributed by atoms with van der Waals surface area (Å²) in [5, 5.41) is 0. The molecule has 2 rings (SSSR count). The molecule has 0 amide bonds. The molecule has 2 aliphatic heterocycles. The van der Waals surface area contributed by atoms with Crippen LogP contribution in [0.1, 0.15) is 74.7 Å². The van der Waals surface area contributed by atoms with Gasteiger partial charge in [0.05, 0.1) is 22.5 Å². The number of allylic oxidation sites excluding steroid dienone is 1. The van der Waals surface area contributed by atoms with E-state index in [9.17, 15) is 0 Å². The molecule has 0 N–H and O–H groups in total. The lowest BCUT2D eigenvalue weighted by atomic mass is 9.83. The highest BCUT2D eigenvalue weighted by Crippen LogP contribution is 2.37. The molecule has 2 aliphatic rings. The second kappa shape index (κ2) is 9.29. The summed E-state index contributed by atoms with van der Waals surface area (Å²) in [5.74, 6) is 0.363. The summed E-state index contributed by atoms with van der Waals surface area (Å²) in [4.78, 5) is 8.61. The lowest BCUT2D eigenvalue weighted by Gasteiger charge is -2.32. The second-order valence-electron chi connectivity index (χ2n) is 9.35. The molecule has 2 fully saturated rings. The van der Waals surface area contributed by atoms with Crippen molar-refractivity contribution in [3.63, 3.8) is 0 Å². The average molecular weight is 408 g/mol. The monoisotopic (exact) mass is 408 g/mol. The maximum absolute atomic E-state index is 6.05. The van der Waals surface area contributed by atoms with Crippen molar-refractivity contribution < 1.29 is 23.5 Å². The van der Waals surface area contributed by atoms with Gasteiger partial charge in [-0.05, 0) is 81.4 Å². The third-order valence-corrected chi connectivity index (χ3v) is 5.54. The van der Waals surface area contributed by atoms with Gasteiger partial charge in [-0.2, -0.15) is 0 Å². The van der Waals surface area contributed by atoms with Gasteiger partial charge in [0.15, 0.2) is 6.29 Å². The number of ether oxygens (including phenoxy) is 3. The fraction of sp³-hybridized carbons (Fsp3) is 0.810. The topological polar surface area (TPSA) is 70.9 Å². The first kappa shape index (κ1) is 24.1. The minimum absolute atomic E-state index is 0.184. The van der Waals surface area contributed by atoms with Crippen LogP contribution in [0.5, 0.6) is 0 Å². The van der Waals surface area contributed by atoms with E-state index >= 15 is 0 Å². The van der Waals surface area contributed by atoms with Crippen LogP contribution in [0.15, 0.2) is 21.6 Å². The van der Waals surface area contributed by atoms with Crippen LogP contribution in [-0.2, 0) is 23.5 Å². The van der Waals surface area contributed by atoms with Gasteiger partial charge in [0.2, 0.25) is 5.88 Å². The van der Waals surface area contributed by atoms with Crippen LogP contribution in [0.3, 0.4) is 0 Å². The quantitative estimate of drug-likeness (QED) is 0.340. The molecule has 2 heterocycles. The Morgan fingerprint density at radius 1 is 1.14 bits per heavy atom. The van der Waals surface area contributed by atoms with Crippen molar-refractivity contribution in [2.24, 2.45) is 9.98 Å². The Hall–Kier alpha value is -1.22. The Balaban J connectivity index is 2.01. The molecule has 0 bridgehead atoms. The zero-order chi connectivity index (χ0) is 21.9. The Morgan fingerprint density at radius 3 is 2.28 bits per heavy atom. The molecule has 0 aromatic heterocycles. The lowest BCUT2D eigenvalue weighted by molar-refractivity contribution is -0.224. The van der Waals surface area contributed by atoms with Crippen LogP contribution >= 0.6 is 0 Å². The maximum atomic E-state index is 6.05. The van der Waals surface area contributed by atoms with Gasteiger partial charge in [-0.3, -0.25) is 4.99 Å². The number of hydrogen-bond donors (Lipinski definition) is 0. The van der Waals surface area contributed by atoms with Crippen molar-refractivity contribution in [1.29, 1.82) is 0 Å². The number of aliphatic imine (C=N–C) groups is 2. The summed E-state index contributed by atoms with van der Waals surface area (Å²) in [6, 6.07) is 0. The van der Waals surface area contributed by atoms with Crippen molar-refractivity contribution in [2.75, 3.05) is 13.2 Å². The Bertz CT molecular complexity index is 635. The van der Waals surface area contributed by atoms with Gasteiger partial charge in [0.1, 0.15) is 6.61 Å². The van der Waals surface area contributed by atoms with Crippen molar-refractivity contribution >= 4 is 19.4 Å². The molecule has 0 radical (unpaired) electrons. The average Bonchev–Trinajstić information content (AvgIpc) is 2.83. The maximum Gasteiger partial charge on any atom is 0.509 e. The van der Waals surface area contributed by atoms with Crippen LogP contribution < -0.4 is 0 Å². The SMILES string of the molecule is C=N/C(OCC(C)(C)OC1CCCCO1)=C(/C)N=C(C)B1OC(C)(C)C(C)(C)O1. The van der Waals surface area contributed by atoms with E-state index in [0.717, 1.165) is 25.9 Å². The van der Waals surface area contributed by atoms with E-state index in [1.165, 1.54) is 0 Å². The summed E-state index contributed by atoms with van der Waals surface area (Å²) in [6.45, 7) is 20.4. The zero-order valence-corrected chi connectivity index (χ0v) is 19.3. The van der Waals surface area contributed by atoms with Crippen molar-refractivity contribution in [1.82, 2.24) is 0 Å². The molecule has 0 aromatic carbocycles. The summed E-state index contributed by atoms with van der Waals surface area (Å²) in [7, 11) is -0.510. The molecule has 8 heteroatoms. The van der Waals surface area contributed by atoms with Gasteiger partial charge in [-0.15, -0.1) is 0 Å². The predicted octanol–water partition coefficient (Wildman–Crippen LogP) is 4.31. The fourth-order valence-electron chi connectivity index (χ4n) is 3.08. The summed E-state index contributed by atoms with van der Waals surface area (Å²) in [5.41, 5.74) is -0.0354. The van der Waals surface area contributed by atoms with Gasteiger partial charge in [0, 0.05) is 12.2 Å². The van der Waals surface area contributed by atoms with Crippen LogP contribution in [0.2, 0.25) is 0 Å². The minimum Gasteiger partial charge on any atom is -0.473 e. The molecule has 29 heavy (non-hydrogen) atoms. The van der Waals surface area contributed by atoms with Gasteiger partial charge >= 0.3 is 7.12 Å². The highest BCUT2D eigenvalue weighted by molar-refractivity contribution is 6.82. The van der Waals surface area contributed by atoms with Crippen LogP contribution in [-0.4, -0.2) is 55.8 Å². The molecular formula is C21H37BN2O5. The molecule has 164 valence electrons. The van der Waals surface area contributed by atoms with E-state index in [1.807, 2.05) is 55.4 Å². The van der Waals surface area contributed by atoms with Crippen LogP contribution in [0.4, 0.5) is 0 Å². The third-order valence-electron chi connectivity index (χ3n) is 5.54. The molecule has 2 saturated heterocycles.